The average molecular weight is 281 g/mol. The Kier molecular flexibility index (Phi) is 2.83. The minimum Gasteiger partial charge on any atom is -0.297 e. The van der Waals surface area contributed by atoms with Gasteiger partial charge in [0.05, 0.1) is 11.4 Å². The van der Waals surface area contributed by atoms with E-state index in [4.69, 9.17) is 4.84 Å². The molecule has 2 aliphatic heterocycles. The van der Waals surface area contributed by atoms with Crippen molar-refractivity contribution in [3.8, 4) is 0 Å². The van der Waals surface area contributed by atoms with Crippen LogP contribution in [0.1, 0.15) is 24.2 Å². The van der Waals surface area contributed by atoms with E-state index in [9.17, 15) is 4.79 Å². The molecular formula is C16H15N3O2. The summed E-state index contributed by atoms with van der Waals surface area (Å²) in [4.78, 5) is 26.9. The van der Waals surface area contributed by atoms with E-state index in [0.29, 0.717) is 19.4 Å². The Balaban J connectivity index is 1.90. The average Bonchev–Trinajstić information content (AvgIpc) is 2.89. The molecule has 0 radical (unpaired) electrons. The predicted molar refractivity (Wildman–Crippen MR) is 75.1 cm³/mol. The Morgan fingerprint density at radius 3 is 2.29 bits per heavy atom. The zero-order chi connectivity index (χ0) is 14.3. The van der Waals surface area contributed by atoms with Gasteiger partial charge in [0.2, 0.25) is 0 Å². The van der Waals surface area contributed by atoms with Gasteiger partial charge in [0.1, 0.15) is 11.6 Å². The summed E-state index contributed by atoms with van der Waals surface area (Å²) in [6.45, 7) is 0.572. The molecule has 2 bridgehead atoms. The van der Waals surface area contributed by atoms with Crippen LogP contribution in [0, 0.1) is 0 Å². The van der Waals surface area contributed by atoms with Crippen LogP contribution in [0.3, 0.4) is 0 Å². The highest BCUT2D eigenvalue weighted by molar-refractivity contribution is 5.84. The molecule has 0 saturated carbocycles. The van der Waals surface area contributed by atoms with Crippen molar-refractivity contribution in [2.24, 2.45) is 0 Å². The second kappa shape index (κ2) is 4.72. The summed E-state index contributed by atoms with van der Waals surface area (Å²) < 4.78 is 0. The number of pyridine rings is 2. The van der Waals surface area contributed by atoms with Gasteiger partial charge in [0, 0.05) is 31.8 Å². The van der Waals surface area contributed by atoms with Crippen LogP contribution in [0.5, 0.6) is 0 Å². The molecule has 21 heavy (non-hydrogen) atoms. The first kappa shape index (κ1) is 12.6. The summed E-state index contributed by atoms with van der Waals surface area (Å²) in [6.07, 6.45) is 4.24. The van der Waals surface area contributed by atoms with Gasteiger partial charge in [0.15, 0.2) is 5.78 Å². The minimum atomic E-state index is -0.570. The first-order valence-corrected chi connectivity index (χ1v) is 7.11. The lowest BCUT2D eigenvalue weighted by atomic mass is 9.85. The monoisotopic (exact) mass is 281 g/mol. The molecule has 0 aromatic carbocycles. The largest absolute Gasteiger partial charge is 0.297 e. The third-order valence-electron chi connectivity index (χ3n) is 4.26. The normalized spacial score (nSPS) is 26.8. The van der Waals surface area contributed by atoms with E-state index < -0.39 is 5.54 Å². The number of hydroxylamine groups is 2. The van der Waals surface area contributed by atoms with Gasteiger partial charge < -0.3 is 0 Å². The highest BCUT2D eigenvalue weighted by Crippen LogP contribution is 2.46. The van der Waals surface area contributed by atoms with Crippen molar-refractivity contribution in [1.82, 2.24) is 15.0 Å². The quantitative estimate of drug-likeness (QED) is 0.838. The SMILES string of the molecule is O=C1CCN2OC1CC2(c1ccccn1)c1ccccn1. The molecule has 5 heteroatoms. The maximum absolute atomic E-state index is 12.0. The molecule has 2 aliphatic rings. The molecule has 0 spiro atoms. The van der Waals surface area contributed by atoms with E-state index >= 15 is 0 Å². The zero-order valence-corrected chi connectivity index (χ0v) is 11.5. The first-order valence-electron chi connectivity index (χ1n) is 7.11. The lowest BCUT2D eigenvalue weighted by Crippen LogP contribution is -2.44. The molecule has 4 rings (SSSR count). The molecule has 4 heterocycles. The van der Waals surface area contributed by atoms with Crippen molar-refractivity contribution >= 4 is 5.78 Å². The van der Waals surface area contributed by atoms with Crippen LogP contribution in [0.15, 0.2) is 48.8 Å². The standard InChI is InChI=1S/C16H15N3O2/c20-12-7-10-19-16(11-13(12)21-19,14-5-1-3-8-17-14)15-6-2-4-9-18-15/h1-6,8-9,13H,7,10-11H2. The maximum atomic E-state index is 12.0. The Bertz CT molecular complexity index is 620. The molecule has 0 amide bonds. The number of rotatable bonds is 2. The summed E-state index contributed by atoms with van der Waals surface area (Å²) in [5.41, 5.74) is 1.18. The Labute approximate surface area is 122 Å². The zero-order valence-electron chi connectivity index (χ0n) is 11.5. The van der Waals surface area contributed by atoms with Gasteiger partial charge in [-0.25, -0.2) is 0 Å². The van der Waals surface area contributed by atoms with Crippen LogP contribution < -0.4 is 0 Å². The number of ketones is 1. The Hall–Kier alpha value is -2.11. The number of carbonyl (C=O) groups excluding carboxylic acids is 1. The molecule has 2 atom stereocenters. The first-order chi connectivity index (χ1) is 10.3. The number of hydrogen-bond donors (Lipinski definition) is 0. The molecule has 106 valence electrons. The van der Waals surface area contributed by atoms with Gasteiger partial charge >= 0.3 is 0 Å². The Morgan fingerprint density at radius 1 is 1.10 bits per heavy atom. The summed E-state index contributed by atoms with van der Waals surface area (Å²) >= 11 is 0. The second-order valence-corrected chi connectivity index (χ2v) is 5.41. The minimum absolute atomic E-state index is 0.167. The molecule has 0 N–H and O–H groups in total. The van der Waals surface area contributed by atoms with Crippen molar-refractivity contribution in [3.05, 3.63) is 60.2 Å². The van der Waals surface area contributed by atoms with E-state index in [-0.39, 0.29) is 11.9 Å². The van der Waals surface area contributed by atoms with Crippen LogP contribution >= 0.6 is 0 Å². The number of Topliss-reactive ketones (excluding diaryl/α,β-unsaturated/α-hetero) is 1. The fraction of sp³-hybridized carbons (Fsp3) is 0.312. The highest BCUT2D eigenvalue weighted by Gasteiger charge is 2.55. The highest BCUT2D eigenvalue weighted by atomic mass is 16.7. The molecule has 2 aromatic rings. The molecule has 2 aromatic heterocycles. The molecule has 2 unspecified atom stereocenters. The number of carbonyl (C=O) groups is 1. The van der Waals surface area contributed by atoms with Crippen LogP contribution in [0.2, 0.25) is 0 Å². The number of aromatic nitrogens is 2. The van der Waals surface area contributed by atoms with E-state index in [0.717, 1.165) is 11.4 Å². The van der Waals surface area contributed by atoms with Crippen molar-refractivity contribution in [2.75, 3.05) is 6.54 Å². The second-order valence-electron chi connectivity index (χ2n) is 5.41. The summed E-state index contributed by atoms with van der Waals surface area (Å²) in [7, 11) is 0. The van der Waals surface area contributed by atoms with Gasteiger partial charge in [-0.15, -0.1) is 0 Å². The third kappa shape index (κ3) is 1.81. The molecule has 2 saturated heterocycles. The van der Waals surface area contributed by atoms with E-state index in [2.05, 4.69) is 9.97 Å². The van der Waals surface area contributed by atoms with Gasteiger partial charge in [-0.3, -0.25) is 19.6 Å². The fourth-order valence-electron chi connectivity index (χ4n) is 3.25. The molecule has 0 aliphatic carbocycles. The summed E-state index contributed by atoms with van der Waals surface area (Å²) in [6, 6.07) is 11.6. The van der Waals surface area contributed by atoms with Crippen molar-refractivity contribution < 1.29 is 9.63 Å². The number of fused-ring (bicyclic) bond motifs is 2. The lowest BCUT2D eigenvalue weighted by Gasteiger charge is -2.35. The lowest BCUT2D eigenvalue weighted by molar-refractivity contribution is -0.202. The maximum Gasteiger partial charge on any atom is 0.165 e. The van der Waals surface area contributed by atoms with E-state index in [1.807, 2.05) is 41.5 Å². The number of hydrogen-bond acceptors (Lipinski definition) is 5. The van der Waals surface area contributed by atoms with Crippen molar-refractivity contribution in [3.63, 3.8) is 0 Å². The molecule has 5 nitrogen and oxygen atoms in total. The van der Waals surface area contributed by atoms with E-state index in [1.54, 1.807) is 12.4 Å². The number of nitrogens with zero attached hydrogens (tertiary/aromatic N) is 3. The van der Waals surface area contributed by atoms with Gasteiger partial charge in [0.25, 0.3) is 0 Å². The smallest absolute Gasteiger partial charge is 0.165 e. The fourth-order valence-corrected chi connectivity index (χ4v) is 3.25. The molecular weight excluding hydrogens is 266 g/mol. The van der Waals surface area contributed by atoms with Gasteiger partial charge in [-0.1, -0.05) is 12.1 Å². The Morgan fingerprint density at radius 2 is 1.76 bits per heavy atom. The summed E-state index contributed by atoms with van der Waals surface area (Å²) in [5, 5.41) is 1.89. The molecule has 2 fully saturated rings. The summed E-state index contributed by atoms with van der Waals surface area (Å²) in [5.74, 6) is 0.167. The van der Waals surface area contributed by atoms with E-state index in [1.165, 1.54) is 0 Å². The van der Waals surface area contributed by atoms with Gasteiger partial charge in [-0.2, -0.15) is 5.06 Å². The predicted octanol–water partition coefficient (Wildman–Crippen LogP) is 1.70. The topological polar surface area (TPSA) is 55.3 Å². The van der Waals surface area contributed by atoms with Crippen molar-refractivity contribution in [1.29, 1.82) is 0 Å². The van der Waals surface area contributed by atoms with Crippen LogP contribution in [-0.4, -0.2) is 33.5 Å². The van der Waals surface area contributed by atoms with Crippen LogP contribution in [-0.2, 0) is 15.2 Å². The van der Waals surface area contributed by atoms with Crippen LogP contribution in [0.4, 0.5) is 0 Å². The van der Waals surface area contributed by atoms with Crippen molar-refractivity contribution in [2.45, 2.75) is 24.5 Å². The third-order valence-corrected chi connectivity index (χ3v) is 4.26. The van der Waals surface area contributed by atoms with Crippen LogP contribution in [0.25, 0.3) is 0 Å². The van der Waals surface area contributed by atoms with Gasteiger partial charge in [-0.05, 0) is 24.3 Å².